The molecule has 0 radical (unpaired) electrons. The average Bonchev–Trinajstić information content (AvgIpc) is 2.15. The summed E-state index contributed by atoms with van der Waals surface area (Å²) >= 11 is 11.6. The lowest BCUT2D eigenvalue weighted by Crippen LogP contribution is -1.80. The van der Waals surface area contributed by atoms with Crippen LogP contribution in [-0.4, -0.2) is 10.1 Å². The monoisotopic (exact) mass is 213 g/mol. The number of aromatic nitrogens is 1. The molecule has 0 amide bonds. The van der Waals surface area contributed by atoms with Crippen molar-refractivity contribution in [1.29, 1.82) is 0 Å². The van der Waals surface area contributed by atoms with Gasteiger partial charge in [-0.05, 0) is 18.2 Å². The Morgan fingerprint density at radius 3 is 2.85 bits per heavy atom. The number of phenolic OH excluding ortho intramolecular Hbond substituents is 1. The van der Waals surface area contributed by atoms with Crippen molar-refractivity contribution in [3.05, 3.63) is 34.4 Å². The van der Waals surface area contributed by atoms with E-state index in [1.54, 1.807) is 24.4 Å². The van der Waals surface area contributed by atoms with Gasteiger partial charge in [0.25, 0.3) is 0 Å². The highest BCUT2D eigenvalue weighted by Gasteiger charge is 2.09. The number of phenols is 1. The van der Waals surface area contributed by atoms with E-state index in [0.717, 1.165) is 0 Å². The molecule has 0 atom stereocenters. The first kappa shape index (κ1) is 8.60. The third-order valence-electron chi connectivity index (χ3n) is 1.77. The molecule has 66 valence electrons. The van der Waals surface area contributed by atoms with Crippen LogP contribution in [0.15, 0.2) is 24.4 Å². The Morgan fingerprint density at radius 2 is 2.08 bits per heavy atom. The zero-order valence-electron chi connectivity index (χ0n) is 6.46. The normalized spacial score (nSPS) is 10.6. The molecule has 2 rings (SSSR count). The van der Waals surface area contributed by atoms with E-state index in [1.165, 1.54) is 0 Å². The van der Waals surface area contributed by atoms with Crippen LogP contribution in [-0.2, 0) is 0 Å². The first-order valence-corrected chi connectivity index (χ1v) is 4.37. The van der Waals surface area contributed by atoms with Crippen molar-refractivity contribution < 1.29 is 5.11 Å². The van der Waals surface area contributed by atoms with Gasteiger partial charge in [0.1, 0.15) is 0 Å². The number of benzene rings is 1. The van der Waals surface area contributed by atoms with Crippen molar-refractivity contribution in [1.82, 2.24) is 4.98 Å². The number of hydrogen-bond donors (Lipinski definition) is 1. The Morgan fingerprint density at radius 1 is 1.31 bits per heavy atom. The Labute approximate surface area is 84.7 Å². The van der Waals surface area contributed by atoms with E-state index in [-0.39, 0.29) is 15.8 Å². The summed E-state index contributed by atoms with van der Waals surface area (Å²) in [6.45, 7) is 0. The molecule has 1 N–H and O–H groups in total. The summed E-state index contributed by atoms with van der Waals surface area (Å²) in [7, 11) is 0. The lowest BCUT2D eigenvalue weighted by atomic mass is 10.2. The highest BCUT2D eigenvalue weighted by atomic mass is 35.5. The van der Waals surface area contributed by atoms with Crippen LogP contribution in [0.4, 0.5) is 0 Å². The molecule has 2 nitrogen and oxygen atoms in total. The maximum atomic E-state index is 9.41. The van der Waals surface area contributed by atoms with E-state index in [0.29, 0.717) is 10.9 Å². The number of halogens is 2. The summed E-state index contributed by atoms with van der Waals surface area (Å²) in [5.41, 5.74) is 0.676. The molecular formula is C9H5Cl2NO. The lowest BCUT2D eigenvalue weighted by Gasteiger charge is -2.03. The van der Waals surface area contributed by atoms with E-state index in [4.69, 9.17) is 23.2 Å². The van der Waals surface area contributed by atoms with Gasteiger partial charge in [0, 0.05) is 11.6 Å². The van der Waals surface area contributed by atoms with Crippen molar-refractivity contribution >= 4 is 34.1 Å². The fourth-order valence-electron chi connectivity index (χ4n) is 1.14. The number of pyridine rings is 1. The van der Waals surface area contributed by atoms with Gasteiger partial charge >= 0.3 is 0 Å². The number of fused-ring (bicyclic) bond motifs is 1. The zero-order chi connectivity index (χ0) is 9.42. The summed E-state index contributed by atoms with van der Waals surface area (Å²) in [4.78, 5) is 4.06. The Kier molecular flexibility index (Phi) is 2.02. The molecule has 2 aromatic rings. The fourth-order valence-corrected chi connectivity index (χ4v) is 1.65. The van der Waals surface area contributed by atoms with Gasteiger partial charge in [-0.3, -0.25) is 4.98 Å². The van der Waals surface area contributed by atoms with Crippen LogP contribution in [0.5, 0.6) is 5.75 Å². The average molecular weight is 214 g/mol. The molecule has 0 bridgehead atoms. The van der Waals surface area contributed by atoms with Crippen LogP contribution in [0.1, 0.15) is 0 Å². The van der Waals surface area contributed by atoms with E-state index in [1.807, 2.05) is 0 Å². The minimum absolute atomic E-state index is 0.0937. The second kappa shape index (κ2) is 3.05. The molecule has 0 saturated carbocycles. The maximum Gasteiger partial charge on any atom is 0.153 e. The second-order valence-electron chi connectivity index (χ2n) is 2.59. The van der Waals surface area contributed by atoms with Crippen molar-refractivity contribution in [2.24, 2.45) is 0 Å². The lowest BCUT2D eigenvalue weighted by molar-refractivity contribution is 0.476. The molecule has 0 saturated heterocycles. The molecule has 0 aliphatic carbocycles. The third-order valence-corrected chi connectivity index (χ3v) is 2.44. The van der Waals surface area contributed by atoms with Crippen LogP contribution < -0.4 is 0 Å². The van der Waals surface area contributed by atoms with Crippen LogP contribution in [0.2, 0.25) is 10.0 Å². The largest absolute Gasteiger partial charge is 0.505 e. The topological polar surface area (TPSA) is 33.1 Å². The molecule has 0 aliphatic heterocycles. The van der Waals surface area contributed by atoms with Gasteiger partial charge in [-0.15, -0.1) is 0 Å². The third kappa shape index (κ3) is 1.32. The first-order valence-electron chi connectivity index (χ1n) is 3.62. The van der Waals surface area contributed by atoms with Crippen LogP contribution >= 0.6 is 23.2 Å². The van der Waals surface area contributed by atoms with Gasteiger partial charge in [0.15, 0.2) is 5.75 Å². The van der Waals surface area contributed by atoms with E-state index >= 15 is 0 Å². The molecule has 0 aliphatic rings. The Balaban J connectivity index is 2.94. The van der Waals surface area contributed by atoms with Gasteiger partial charge in [-0.25, -0.2) is 0 Å². The molecule has 0 spiro atoms. The van der Waals surface area contributed by atoms with Crippen LogP contribution in [0.3, 0.4) is 0 Å². The SMILES string of the molecule is Oc1c(Cl)cc2ncccc2c1Cl. The van der Waals surface area contributed by atoms with Gasteiger partial charge in [-0.2, -0.15) is 0 Å². The fraction of sp³-hybridized carbons (Fsp3) is 0. The van der Waals surface area contributed by atoms with Gasteiger partial charge in [0.05, 0.1) is 15.6 Å². The van der Waals surface area contributed by atoms with E-state index in [2.05, 4.69) is 4.98 Å². The molecule has 1 heterocycles. The Bertz CT molecular complexity index is 470. The van der Waals surface area contributed by atoms with Gasteiger partial charge in [0.2, 0.25) is 0 Å². The van der Waals surface area contributed by atoms with Crippen LogP contribution in [0.25, 0.3) is 10.9 Å². The zero-order valence-corrected chi connectivity index (χ0v) is 7.97. The minimum Gasteiger partial charge on any atom is -0.505 e. The number of nitrogens with zero attached hydrogens (tertiary/aromatic N) is 1. The predicted molar refractivity (Wildman–Crippen MR) is 53.4 cm³/mol. The van der Waals surface area contributed by atoms with Crippen molar-refractivity contribution in [3.63, 3.8) is 0 Å². The summed E-state index contributed by atoms with van der Waals surface area (Å²) in [6.07, 6.45) is 1.64. The molecular weight excluding hydrogens is 209 g/mol. The highest BCUT2D eigenvalue weighted by Crippen LogP contribution is 2.37. The second-order valence-corrected chi connectivity index (χ2v) is 3.38. The summed E-state index contributed by atoms with van der Waals surface area (Å²) in [5, 5.41) is 10.6. The summed E-state index contributed by atoms with van der Waals surface area (Å²) < 4.78 is 0. The number of hydrogen-bond acceptors (Lipinski definition) is 2. The molecule has 1 aromatic carbocycles. The van der Waals surface area contributed by atoms with Crippen molar-refractivity contribution in [2.75, 3.05) is 0 Å². The van der Waals surface area contributed by atoms with Gasteiger partial charge < -0.3 is 5.11 Å². The predicted octanol–water partition coefficient (Wildman–Crippen LogP) is 3.25. The highest BCUT2D eigenvalue weighted by molar-refractivity contribution is 6.40. The van der Waals surface area contributed by atoms with E-state index in [9.17, 15) is 5.11 Å². The molecule has 4 heteroatoms. The van der Waals surface area contributed by atoms with E-state index < -0.39 is 0 Å². The Hall–Kier alpha value is -0.990. The van der Waals surface area contributed by atoms with Gasteiger partial charge in [-0.1, -0.05) is 23.2 Å². The van der Waals surface area contributed by atoms with Crippen molar-refractivity contribution in [3.8, 4) is 5.75 Å². The molecule has 1 aromatic heterocycles. The molecule has 0 fully saturated rings. The summed E-state index contributed by atoms with van der Waals surface area (Å²) in [6, 6.07) is 5.11. The number of aromatic hydroxyl groups is 1. The molecule has 13 heavy (non-hydrogen) atoms. The van der Waals surface area contributed by atoms with Crippen LogP contribution in [0, 0.1) is 0 Å². The quantitative estimate of drug-likeness (QED) is 0.730. The smallest absolute Gasteiger partial charge is 0.153 e. The molecule has 0 unspecified atom stereocenters. The standard InChI is InChI=1S/C9H5Cl2NO/c10-6-4-7-5(2-1-3-12-7)8(11)9(6)13/h1-4,13H. The minimum atomic E-state index is -0.0937. The summed E-state index contributed by atoms with van der Waals surface area (Å²) in [5.74, 6) is -0.0937. The number of rotatable bonds is 0. The van der Waals surface area contributed by atoms with Crippen molar-refractivity contribution in [2.45, 2.75) is 0 Å². The maximum absolute atomic E-state index is 9.41. The first-order chi connectivity index (χ1) is 6.20.